The minimum absolute atomic E-state index is 0. The van der Waals surface area contributed by atoms with Gasteiger partial charge in [0.25, 0.3) is 6.47 Å². The van der Waals surface area contributed by atoms with E-state index in [4.69, 9.17) is 84.4 Å². The van der Waals surface area contributed by atoms with Crippen LogP contribution >= 0.6 is 76.7 Å². The predicted molar refractivity (Wildman–Crippen MR) is 226 cm³/mol. The molecule has 0 radical (unpaired) electrons. The van der Waals surface area contributed by atoms with E-state index in [9.17, 15) is 4.57 Å². The van der Waals surface area contributed by atoms with E-state index in [0.717, 1.165) is 16.7 Å². The zero-order valence-electron chi connectivity index (χ0n) is 31.8. The zero-order valence-corrected chi connectivity index (χ0v) is 42.4. The number of carbonyl (C=O) groups is 1. The van der Waals surface area contributed by atoms with Crippen LogP contribution in [-0.2, 0) is 14.2 Å². The third-order valence-electron chi connectivity index (χ3n) is 6.30. The number of methoxy groups -OCH3 is 1. The number of anilines is 6. The molecule has 0 bridgehead atoms. The zero-order chi connectivity index (χ0) is 40.4. The van der Waals surface area contributed by atoms with Crippen molar-refractivity contribution in [1.29, 1.82) is 0 Å². The average molecular weight is 983 g/mol. The van der Waals surface area contributed by atoms with Crippen molar-refractivity contribution < 1.29 is 128 Å². The Hall–Kier alpha value is -1.23. The summed E-state index contributed by atoms with van der Waals surface area (Å²) < 4.78 is 17.7. The number of carbonyl (C=O) groups excluding carboxylic acids is 1. The standard InChI is InChI=1S/C19H20ClN4O2P.C10H7Cl2N3.C4HCl3N2.CH2O3.CH4.2K.H/c1-26-17-11-14(27(2,3)25)9-10-16(17)23-19-21-12-15(20)18(24-19)22-13-7-5-4-6-8-13;11-8-6-13-10(12)15-9(8)14-7-4-2-1-3-5-7;5-2-1-8-4(7)9-3(2)6;2-1-4-3;;;;/h4-12H,1-3H3,(H2,21,22,23,24);1-6H,(H,13,14,15);1H;1,3H;1H4;;;/q;;;;;2*+1;-1/p-1. The molecular weight excluding hydrogens is 948 g/mol. The van der Waals surface area contributed by atoms with Crippen LogP contribution in [-0.4, -0.2) is 56.8 Å². The maximum absolute atomic E-state index is 12.3. The van der Waals surface area contributed by atoms with Gasteiger partial charge in [0.05, 0.1) is 36.4 Å². The summed E-state index contributed by atoms with van der Waals surface area (Å²) in [6, 6.07) is 24.6. The molecule has 6 aromatic rings. The van der Waals surface area contributed by atoms with Crippen LogP contribution in [0.15, 0.2) is 97.5 Å². The van der Waals surface area contributed by atoms with Crippen LogP contribution in [0.5, 0.6) is 5.75 Å². The van der Waals surface area contributed by atoms with E-state index < -0.39 is 7.14 Å². The summed E-state index contributed by atoms with van der Waals surface area (Å²) >= 11 is 34.0. The molecule has 0 fully saturated rings. The van der Waals surface area contributed by atoms with E-state index in [1.54, 1.807) is 32.6 Å². The van der Waals surface area contributed by atoms with Gasteiger partial charge >= 0.3 is 103 Å². The van der Waals surface area contributed by atoms with Crippen LogP contribution in [0, 0.1) is 0 Å². The van der Waals surface area contributed by atoms with Gasteiger partial charge < -0.3 is 36.8 Å². The van der Waals surface area contributed by atoms with Gasteiger partial charge in [0.1, 0.15) is 22.9 Å². The largest absolute Gasteiger partial charge is 1.00 e. The number of para-hydroxylation sites is 2. The third-order valence-corrected chi connectivity index (χ3v) is 9.40. The topological polar surface area (TPSA) is 189 Å². The summed E-state index contributed by atoms with van der Waals surface area (Å²) in [5.41, 5.74) is 2.43. The number of hydrogen-bond acceptors (Lipinski definition) is 14. The summed E-state index contributed by atoms with van der Waals surface area (Å²) in [5.74, 6) is 1.91. The Morgan fingerprint density at radius 2 is 1.16 bits per heavy atom. The Morgan fingerprint density at radius 1 is 0.690 bits per heavy atom. The van der Waals surface area contributed by atoms with Gasteiger partial charge in [-0.15, -0.1) is 0 Å². The summed E-state index contributed by atoms with van der Waals surface area (Å²) in [6.07, 6.45) is 4.33. The molecule has 0 aliphatic rings. The van der Waals surface area contributed by atoms with E-state index in [2.05, 4.69) is 50.7 Å². The maximum atomic E-state index is 12.3. The molecule has 0 unspecified atom stereocenters. The minimum atomic E-state index is -2.38. The van der Waals surface area contributed by atoms with Crippen LogP contribution in [0.25, 0.3) is 0 Å². The van der Waals surface area contributed by atoms with Crippen LogP contribution in [0.2, 0.25) is 30.8 Å². The molecule has 3 aromatic heterocycles. The number of aromatic nitrogens is 6. The van der Waals surface area contributed by atoms with Gasteiger partial charge in [-0.1, -0.05) is 90.2 Å². The second kappa shape index (κ2) is 29.9. The third kappa shape index (κ3) is 20.6. The maximum Gasteiger partial charge on any atom is 1.00 e. The molecule has 298 valence electrons. The van der Waals surface area contributed by atoms with Gasteiger partial charge in [0, 0.05) is 16.7 Å². The molecular formula is C35H34Cl6K2N9O5P. The summed E-state index contributed by atoms with van der Waals surface area (Å²) in [4.78, 5) is 34.8. The first kappa shape index (κ1) is 56.8. The molecule has 0 saturated carbocycles. The van der Waals surface area contributed by atoms with Gasteiger partial charge in [-0.05, 0) is 79.0 Å². The van der Waals surface area contributed by atoms with E-state index >= 15 is 0 Å². The first-order valence-corrected chi connectivity index (χ1v) is 20.0. The molecule has 3 N–H and O–H groups in total. The summed E-state index contributed by atoms with van der Waals surface area (Å²) in [7, 11) is -0.819. The number of hydrogen-bond donors (Lipinski definition) is 3. The van der Waals surface area contributed by atoms with Gasteiger partial charge in [-0.3, -0.25) is 4.79 Å². The van der Waals surface area contributed by atoms with E-state index in [0.29, 0.717) is 44.1 Å². The Kier molecular flexibility index (Phi) is 29.3. The molecule has 58 heavy (non-hydrogen) atoms. The van der Waals surface area contributed by atoms with E-state index in [-0.39, 0.29) is 134 Å². The first-order valence-electron chi connectivity index (χ1n) is 15.1. The fourth-order valence-corrected chi connectivity index (χ4v) is 5.50. The molecule has 0 spiro atoms. The molecule has 14 nitrogen and oxygen atoms in total. The molecule has 0 saturated heterocycles. The second-order valence-corrected chi connectivity index (χ2v) is 16.0. The molecule has 3 aromatic carbocycles. The quantitative estimate of drug-likeness (QED) is 0.0359. The molecule has 3 heterocycles. The minimum Gasteiger partial charge on any atom is -1.00 e. The van der Waals surface area contributed by atoms with Crippen LogP contribution < -0.4 is 134 Å². The number of halogens is 6. The van der Waals surface area contributed by atoms with E-state index in [1.807, 2.05) is 66.7 Å². The number of rotatable bonds is 9. The number of benzene rings is 3. The van der Waals surface area contributed by atoms with Crippen LogP contribution in [0.3, 0.4) is 0 Å². The van der Waals surface area contributed by atoms with Crippen molar-refractivity contribution in [3.05, 3.63) is 128 Å². The molecule has 0 atom stereocenters. The average Bonchev–Trinajstić information content (AvgIpc) is 3.17. The fraction of sp³-hybridized carbons (Fsp3) is 0.114. The van der Waals surface area contributed by atoms with Crippen LogP contribution in [0.4, 0.5) is 34.6 Å². The van der Waals surface area contributed by atoms with Crippen molar-refractivity contribution in [2.45, 2.75) is 7.43 Å². The first-order chi connectivity index (χ1) is 26.2. The number of ether oxygens (including phenoxy) is 1. The smallest absolute Gasteiger partial charge is 1.00 e. The van der Waals surface area contributed by atoms with Crippen molar-refractivity contribution in [2.24, 2.45) is 0 Å². The van der Waals surface area contributed by atoms with Gasteiger partial charge in [-0.2, -0.15) is 9.97 Å². The second-order valence-electron chi connectivity index (χ2n) is 10.5. The van der Waals surface area contributed by atoms with Gasteiger partial charge in [0.2, 0.25) is 16.5 Å². The Morgan fingerprint density at radius 3 is 1.60 bits per heavy atom. The predicted octanol–water partition coefficient (Wildman–Crippen LogP) is 4.03. The van der Waals surface area contributed by atoms with Crippen molar-refractivity contribution >= 4 is 123 Å². The molecule has 0 aliphatic carbocycles. The van der Waals surface area contributed by atoms with E-state index in [1.165, 1.54) is 18.6 Å². The monoisotopic (exact) mass is 979 g/mol. The van der Waals surface area contributed by atoms with Crippen molar-refractivity contribution in [3.63, 3.8) is 0 Å². The Labute approximate surface area is 452 Å². The van der Waals surface area contributed by atoms with Gasteiger partial charge in [0.15, 0.2) is 16.8 Å². The molecule has 0 aliphatic heterocycles. The molecule has 23 heteroatoms. The summed E-state index contributed by atoms with van der Waals surface area (Å²) in [5, 5.41) is 20.1. The Balaban J connectivity index is 0. The van der Waals surface area contributed by atoms with Crippen molar-refractivity contribution in [2.75, 3.05) is 36.4 Å². The van der Waals surface area contributed by atoms with Gasteiger partial charge in [-0.25, -0.2) is 19.9 Å². The van der Waals surface area contributed by atoms with Crippen molar-refractivity contribution in [3.8, 4) is 5.75 Å². The van der Waals surface area contributed by atoms with Crippen molar-refractivity contribution in [1.82, 2.24) is 29.9 Å². The number of nitrogens with one attached hydrogen (secondary N) is 3. The number of nitrogens with zero attached hydrogens (tertiary/aromatic N) is 6. The molecule has 6 rings (SSSR count). The molecule has 0 amide bonds. The van der Waals surface area contributed by atoms with Crippen LogP contribution in [0.1, 0.15) is 8.85 Å². The summed E-state index contributed by atoms with van der Waals surface area (Å²) in [6.45, 7) is 3.26. The fourth-order valence-electron chi connectivity index (χ4n) is 3.83. The Bertz CT molecular complexity index is 2210. The normalized spacial score (nSPS) is 9.62. The SMILES string of the molecule is C.COc1cc(P(C)(C)=O)ccc1Nc1ncc(Cl)c(Nc2ccccc2)n1.Clc1ncc(Cl)c(Cl)n1.Clc1ncc(Cl)c(Nc2ccccc2)n1.O=CO[O-].[H-].[K+].[K+].